The third kappa shape index (κ3) is 6.62. The first-order valence-electron chi connectivity index (χ1n) is 12.2. The molecule has 172 valence electrons. The van der Waals surface area contributed by atoms with E-state index in [9.17, 15) is 0 Å². The third-order valence-electron chi connectivity index (χ3n) is 5.38. The van der Waals surface area contributed by atoms with Gasteiger partial charge in [0.05, 0.1) is 11.4 Å². The predicted molar refractivity (Wildman–Crippen MR) is 134 cm³/mol. The van der Waals surface area contributed by atoms with Gasteiger partial charge in [-0.25, -0.2) is 9.98 Å². The summed E-state index contributed by atoms with van der Waals surface area (Å²) in [5, 5.41) is 0. The molecule has 1 saturated carbocycles. The van der Waals surface area contributed by atoms with Crippen molar-refractivity contribution in [2.45, 2.75) is 106 Å². The van der Waals surface area contributed by atoms with Crippen LogP contribution in [0.5, 0.6) is 5.88 Å². The van der Waals surface area contributed by atoms with Gasteiger partial charge in [-0.3, -0.25) is 0 Å². The molecule has 0 N–H and O–H groups in total. The average molecular weight is 426 g/mol. The van der Waals surface area contributed by atoms with Crippen LogP contribution in [0.2, 0.25) is 0 Å². The van der Waals surface area contributed by atoms with Crippen LogP contribution < -0.4 is 4.74 Å². The first-order chi connectivity index (χ1) is 15.0. The van der Waals surface area contributed by atoms with Crippen molar-refractivity contribution in [3.05, 3.63) is 47.4 Å². The molecule has 0 bridgehead atoms. The molecule has 0 unspecified atom stereocenters. The van der Waals surface area contributed by atoms with E-state index < -0.39 is 5.60 Å². The Kier molecular flexibility index (Phi) is 11.4. The van der Waals surface area contributed by atoms with Gasteiger partial charge in [0.15, 0.2) is 0 Å². The van der Waals surface area contributed by atoms with Gasteiger partial charge >= 0.3 is 0 Å². The fourth-order valence-corrected chi connectivity index (χ4v) is 3.95. The first kappa shape index (κ1) is 26.8. The maximum Gasteiger partial charge on any atom is 0.244 e. The van der Waals surface area contributed by atoms with Gasteiger partial charge in [0.1, 0.15) is 17.6 Å². The monoisotopic (exact) mass is 425 g/mol. The smallest absolute Gasteiger partial charge is 0.244 e. The molecule has 2 heterocycles. The van der Waals surface area contributed by atoms with Crippen LogP contribution in [0.15, 0.2) is 35.6 Å². The SMILES string of the molecule is CC.CC.CC.Cc1ncnc2c1N=C(c1ccc(C3CCCCC3)cc1)C(C)(C)O2. The zero-order valence-electron chi connectivity index (χ0n) is 21.2. The maximum absolute atomic E-state index is 6.13. The molecule has 4 heteroatoms. The van der Waals surface area contributed by atoms with Gasteiger partial charge in [-0.05, 0) is 45.1 Å². The van der Waals surface area contributed by atoms with Crippen LogP contribution in [-0.4, -0.2) is 21.3 Å². The number of rotatable bonds is 2. The van der Waals surface area contributed by atoms with E-state index in [4.69, 9.17) is 9.73 Å². The second kappa shape index (κ2) is 13.2. The zero-order valence-corrected chi connectivity index (χ0v) is 21.2. The molecule has 0 atom stereocenters. The van der Waals surface area contributed by atoms with E-state index in [1.807, 2.05) is 62.3 Å². The van der Waals surface area contributed by atoms with Gasteiger partial charge in [-0.1, -0.05) is 85.1 Å². The molecule has 0 saturated heterocycles. The van der Waals surface area contributed by atoms with Crippen LogP contribution in [0.25, 0.3) is 0 Å². The number of aliphatic imine (C=N–C) groups is 1. The summed E-state index contributed by atoms with van der Waals surface area (Å²) in [5.41, 5.74) is 4.58. The molecular weight excluding hydrogens is 382 g/mol. The van der Waals surface area contributed by atoms with Crippen molar-refractivity contribution in [2.24, 2.45) is 4.99 Å². The molecule has 1 aromatic carbocycles. The molecule has 0 spiro atoms. The molecule has 1 fully saturated rings. The Bertz CT molecular complexity index is 804. The maximum atomic E-state index is 6.13. The zero-order chi connectivity index (χ0) is 23.4. The number of nitrogens with zero attached hydrogens (tertiary/aromatic N) is 3. The minimum absolute atomic E-state index is 0.514. The van der Waals surface area contributed by atoms with Crippen LogP contribution in [-0.2, 0) is 0 Å². The minimum atomic E-state index is -0.514. The highest BCUT2D eigenvalue weighted by Gasteiger charge is 2.34. The van der Waals surface area contributed by atoms with Crippen LogP contribution >= 0.6 is 0 Å². The van der Waals surface area contributed by atoms with Crippen molar-refractivity contribution in [1.82, 2.24) is 9.97 Å². The van der Waals surface area contributed by atoms with Crippen molar-refractivity contribution in [2.75, 3.05) is 0 Å². The molecule has 4 nitrogen and oxygen atoms in total. The quantitative estimate of drug-likeness (QED) is 0.487. The van der Waals surface area contributed by atoms with Crippen molar-refractivity contribution in [3.8, 4) is 5.88 Å². The Hall–Kier alpha value is -2.23. The molecule has 2 aliphatic rings. The molecule has 1 aliphatic carbocycles. The number of hydrogen-bond donors (Lipinski definition) is 0. The lowest BCUT2D eigenvalue weighted by molar-refractivity contribution is 0.171. The molecule has 0 amide bonds. The van der Waals surface area contributed by atoms with E-state index in [-0.39, 0.29) is 0 Å². The van der Waals surface area contributed by atoms with E-state index in [1.165, 1.54) is 44.0 Å². The number of benzene rings is 1. The second-order valence-electron chi connectivity index (χ2n) is 7.64. The topological polar surface area (TPSA) is 47.4 Å². The summed E-state index contributed by atoms with van der Waals surface area (Å²) >= 11 is 0. The van der Waals surface area contributed by atoms with Gasteiger partial charge < -0.3 is 4.74 Å². The van der Waals surface area contributed by atoms with Crippen molar-refractivity contribution in [1.29, 1.82) is 0 Å². The number of ether oxygens (including phenoxy) is 1. The molecule has 2 aromatic rings. The lowest BCUT2D eigenvalue weighted by atomic mass is 9.83. The van der Waals surface area contributed by atoms with Crippen LogP contribution in [0.3, 0.4) is 0 Å². The number of aryl methyl sites for hydroxylation is 1. The van der Waals surface area contributed by atoms with Crippen molar-refractivity contribution < 1.29 is 4.74 Å². The lowest BCUT2D eigenvalue weighted by Crippen LogP contribution is -2.41. The summed E-state index contributed by atoms with van der Waals surface area (Å²) < 4.78 is 6.13. The van der Waals surface area contributed by atoms with E-state index in [0.717, 1.165) is 28.6 Å². The Balaban J connectivity index is 0.000000739. The molecule has 1 aromatic heterocycles. The van der Waals surface area contributed by atoms with Crippen LogP contribution in [0.4, 0.5) is 5.69 Å². The molecular formula is C27H43N3O. The average Bonchev–Trinajstić information content (AvgIpc) is 2.83. The van der Waals surface area contributed by atoms with Crippen molar-refractivity contribution >= 4 is 11.4 Å². The van der Waals surface area contributed by atoms with Gasteiger partial charge in [0, 0.05) is 5.56 Å². The first-order valence-corrected chi connectivity index (χ1v) is 12.2. The number of fused-ring (bicyclic) bond motifs is 1. The highest BCUT2D eigenvalue weighted by atomic mass is 16.5. The van der Waals surface area contributed by atoms with Gasteiger partial charge in [-0.15, -0.1) is 0 Å². The van der Waals surface area contributed by atoms with Crippen molar-refractivity contribution in [3.63, 3.8) is 0 Å². The number of hydrogen-bond acceptors (Lipinski definition) is 4. The van der Waals surface area contributed by atoms with E-state index >= 15 is 0 Å². The molecule has 4 rings (SSSR count). The highest BCUT2D eigenvalue weighted by molar-refractivity contribution is 6.08. The standard InChI is InChI=1S/C21H25N3O.3C2H6/c1-14-18-20(23-13-22-14)25-21(2,3)19(24-18)17-11-9-16(10-12-17)15-7-5-4-6-8-15;3*1-2/h9-13,15H,4-8H2,1-3H3;3*1-2H3. The van der Waals surface area contributed by atoms with Gasteiger partial charge in [0.25, 0.3) is 0 Å². The molecule has 1 aliphatic heterocycles. The summed E-state index contributed by atoms with van der Waals surface area (Å²) in [5.74, 6) is 1.29. The second-order valence-corrected chi connectivity index (χ2v) is 7.64. The Morgan fingerprint density at radius 3 is 2.00 bits per heavy atom. The normalized spacial score (nSPS) is 16.5. The van der Waals surface area contributed by atoms with Crippen LogP contribution in [0, 0.1) is 6.92 Å². The minimum Gasteiger partial charge on any atom is -0.463 e. The molecule has 31 heavy (non-hydrogen) atoms. The summed E-state index contributed by atoms with van der Waals surface area (Å²) in [4.78, 5) is 13.4. The Labute approximate surface area is 190 Å². The van der Waals surface area contributed by atoms with Gasteiger partial charge in [0.2, 0.25) is 5.88 Å². The summed E-state index contributed by atoms with van der Waals surface area (Å²) in [6, 6.07) is 8.93. The number of aromatic nitrogens is 2. The fourth-order valence-electron chi connectivity index (χ4n) is 3.95. The Morgan fingerprint density at radius 2 is 1.42 bits per heavy atom. The largest absolute Gasteiger partial charge is 0.463 e. The van der Waals surface area contributed by atoms with Crippen LogP contribution in [0.1, 0.15) is 110 Å². The lowest BCUT2D eigenvalue weighted by Gasteiger charge is -2.32. The fraction of sp³-hybridized carbons (Fsp3) is 0.593. The van der Waals surface area contributed by atoms with E-state index in [0.29, 0.717) is 5.88 Å². The third-order valence-corrected chi connectivity index (χ3v) is 5.38. The summed E-state index contributed by atoms with van der Waals surface area (Å²) in [6.45, 7) is 18.0. The molecule has 0 radical (unpaired) electrons. The van der Waals surface area contributed by atoms with E-state index in [1.54, 1.807) is 0 Å². The summed E-state index contributed by atoms with van der Waals surface area (Å²) in [7, 11) is 0. The summed E-state index contributed by atoms with van der Waals surface area (Å²) in [6.07, 6.45) is 8.27. The highest BCUT2D eigenvalue weighted by Crippen LogP contribution is 2.38. The van der Waals surface area contributed by atoms with E-state index in [2.05, 4.69) is 34.2 Å². The Morgan fingerprint density at radius 1 is 0.839 bits per heavy atom. The van der Waals surface area contributed by atoms with Gasteiger partial charge in [-0.2, -0.15) is 4.98 Å². The predicted octanol–water partition coefficient (Wildman–Crippen LogP) is 8.20.